The molecule has 5 rings (SSSR count). The summed E-state index contributed by atoms with van der Waals surface area (Å²) in [6, 6.07) is 7.89. The van der Waals surface area contributed by atoms with Crippen molar-refractivity contribution in [3.05, 3.63) is 47.7 Å². The van der Waals surface area contributed by atoms with Gasteiger partial charge in [0.15, 0.2) is 6.10 Å². The molecule has 3 aliphatic rings. The van der Waals surface area contributed by atoms with E-state index in [1.165, 1.54) is 5.01 Å². The Morgan fingerprint density at radius 3 is 2.44 bits per heavy atom. The van der Waals surface area contributed by atoms with Crippen molar-refractivity contribution < 1.29 is 29.0 Å². The number of ether oxygens (including phenoxy) is 1. The summed E-state index contributed by atoms with van der Waals surface area (Å²) in [5.41, 5.74) is 4.37. The van der Waals surface area contributed by atoms with E-state index in [0.29, 0.717) is 45.1 Å². The number of aliphatic hydroxyl groups excluding tert-OH is 1. The number of benzene rings is 1. The summed E-state index contributed by atoms with van der Waals surface area (Å²) in [6.45, 7) is 7.47. The second-order valence-corrected chi connectivity index (χ2v) is 13.1. The Kier molecular flexibility index (Phi) is 9.60. The zero-order valence-electron chi connectivity index (χ0n) is 26.8. The predicted octanol–water partition coefficient (Wildman–Crippen LogP) is 3.27. The summed E-state index contributed by atoms with van der Waals surface area (Å²) in [5, 5.41) is 15.3. The van der Waals surface area contributed by atoms with Gasteiger partial charge in [0.1, 0.15) is 12.1 Å². The minimum atomic E-state index is -1.12. The topological polar surface area (TPSA) is 141 Å². The first-order valence-electron chi connectivity index (χ1n) is 16.0. The lowest BCUT2D eigenvalue weighted by atomic mass is 9.72. The average molecular weight is 620 g/mol. The number of hydrogen-bond donors (Lipinski definition) is 3. The molecular weight excluding hydrogens is 574 g/mol. The molecule has 0 radical (unpaired) electrons. The van der Waals surface area contributed by atoms with Gasteiger partial charge in [-0.3, -0.25) is 29.2 Å². The molecule has 3 heterocycles. The van der Waals surface area contributed by atoms with E-state index in [2.05, 4.69) is 10.7 Å². The quantitative estimate of drug-likeness (QED) is 0.413. The molecule has 2 aliphatic heterocycles. The Morgan fingerprint density at radius 2 is 1.73 bits per heavy atom. The monoisotopic (exact) mass is 619 g/mol. The van der Waals surface area contributed by atoms with Crippen molar-refractivity contribution in [1.29, 1.82) is 0 Å². The van der Waals surface area contributed by atoms with Gasteiger partial charge >= 0.3 is 5.97 Å². The summed E-state index contributed by atoms with van der Waals surface area (Å²) in [7, 11) is 1.74. The van der Waals surface area contributed by atoms with Crippen LogP contribution in [0.2, 0.25) is 0 Å². The fourth-order valence-electron chi connectivity index (χ4n) is 6.37. The number of likely N-dealkylation sites (N-methyl/N-ethyl adjacent to an activating group) is 1. The zero-order chi connectivity index (χ0) is 32.5. The smallest absolute Gasteiger partial charge is 0.316 e. The van der Waals surface area contributed by atoms with E-state index < -0.39 is 41.6 Å². The van der Waals surface area contributed by atoms with Crippen molar-refractivity contribution in [3.63, 3.8) is 0 Å². The molecule has 1 aliphatic carbocycles. The highest BCUT2D eigenvalue weighted by Gasteiger charge is 2.43. The molecule has 1 aromatic heterocycles. The largest absolute Gasteiger partial charge is 0.451 e. The van der Waals surface area contributed by atoms with Gasteiger partial charge < -0.3 is 20.1 Å². The number of aliphatic hydroxyl groups is 1. The van der Waals surface area contributed by atoms with Crippen molar-refractivity contribution >= 4 is 40.7 Å². The second-order valence-electron chi connectivity index (χ2n) is 13.1. The fourth-order valence-corrected chi connectivity index (χ4v) is 6.37. The lowest BCUT2D eigenvalue weighted by Gasteiger charge is -2.37. The minimum absolute atomic E-state index is 0.157. The first-order chi connectivity index (χ1) is 21.4. The second kappa shape index (κ2) is 13.3. The number of esters is 1. The molecule has 11 heteroatoms. The third-order valence-electron chi connectivity index (χ3n) is 9.52. The number of fused-ring (bicyclic) bond motifs is 4. The molecule has 2 fully saturated rings. The minimum Gasteiger partial charge on any atom is -0.451 e. The molecule has 2 aromatic rings. The van der Waals surface area contributed by atoms with Gasteiger partial charge in [0.25, 0.3) is 11.8 Å². The summed E-state index contributed by atoms with van der Waals surface area (Å²) in [6.07, 6.45) is 4.87. The highest BCUT2D eigenvalue weighted by Crippen LogP contribution is 2.40. The number of aromatic nitrogens is 1. The SMILES string of the molecule is CC(C)[C@@H]1OC(=O)[C@]2(/C=C/c3ccc4ccc(nc4c3)[C@@H](C)N(C)C(=O)[C@@H]3CCCN(N3)C(=O)[C@H](C)NC1=O)CC[C@H](O)CC2. The van der Waals surface area contributed by atoms with Crippen LogP contribution in [0.4, 0.5) is 0 Å². The summed E-state index contributed by atoms with van der Waals surface area (Å²) >= 11 is 0. The van der Waals surface area contributed by atoms with E-state index in [-0.39, 0.29) is 23.8 Å². The number of pyridine rings is 1. The van der Waals surface area contributed by atoms with E-state index in [1.54, 1.807) is 32.7 Å². The molecule has 1 aromatic carbocycles. The Labute approximate surface area is 264 Å². The molecule has 1 saturated heterocycles. The molecule has 11 nitrogen and oxygen atoms in total. The lowest BCUT2D eigenvalue weighted by Crippen LogP contribution is -2.61. The first kappa shape index (κ1) is 32.6. The van der Waals surface area contributed by atoms with Crippen LogP contribution in [-0.2, 0) is 23.9 Å². The van der Waals surface area contributed by atoms with Crippen LogP contribution in [0.5, 0.6) is 0 Å². The maximum Gasteiger partial charge on any atom is 0.316 e. The van der Waals surface area contributed by atoms with E-state index >= 15 is 0 Å². The molecule has 1 saturated carbocycles. The first-order valence-corrected chi connectivity index (χ1v) is 16.0. The summed E-state index contributed by atoms with van der Waals surface area (Å²) in [4.78, 5) is 60.9. The lowest BCUT2D eigenvalue weighted by molar-refractivity contribution is -0.168. The summed E-state index contributed by atoms with van der Waals surface area (Å²) in [5.74, 6) is -1.99. The number of carbonyl (C=O) groups excluding carboxylic acids is 4. The molecule has 3 amide bonds. The van der Waals surface area contributed by atoms with Gasteiger partial charge in [-0.05, 0) is 76.0 Å². The molecule has 4 atom stereocenters. The number of nitrogens with one attached hydrogen (secondary N) is 2. The molecule has 242 valence electrons. The van der Waals surface area contributed by atoms with Crippen molar-refractivity contribution in [2.75, 3.05) is 13.6 Å². The van der Waals surface area contributed by atoms with Crippen molar-refractivity contribution in [3.8, 4) is 0 Å². The molecular formula is C34H45N5O6. The van der Waals surface area contributed by atoms with Gasteiger partial charge in [-0.25, -0.2) is 5.43 Å². The summed E-state index contributed by atoms with van der Waals surface area (Å²) < 4.78 is 5.95. The molecule has 5 bridgehead atoms. The van der Waals surface area contributed by atoms with E-state index in [0.717, 1.165) is 22.2 Å². The number of nitrogens with zero attached hydrogens (tertiary/aromatic N) is 3. The van der Waals surface area contributed by atoms with Crippen LogP contribution < -0.4 is 10.7 Å². The van der Waals surface area contributed by atoms with Gasteiger partial charge in [-0.15, -0.1) is 0 Å². The third-order valence-corrected chi connectivity index (χ3v) is 9.52. The van der Waals surface area contributed by atoms with Crippen LogP contribution in [-0.4, -0.2) is 81.6 Å². The van der Waals surface area contributed by atoms with Gasteiger partial charge in [0.05, 0.1) is 28.8 Å². The van der Waals surface area contributed by atoms with Crippen molar-refractivity contribution in [2.24, 2.45) is 11.3 Å². The van der Waals surface area contributed by atoms with Crippen molar-refractivity contribution in [2.45, 2.75) is 96.6 Å². The number of hydrogen-bond acceptors (Lipinski definition) is 8. The Morgan fingerprint density at radius 1 is 1.02 bits per heavy atom. The van der Waals surface area contributed by atoms with E-state index in [4.69, 9.17) is 9.72 Å². The number of hydrazine groups is 1. The Bertz CT molecular complexity index is 1480. The molecule has 0 unspecified atom stereocenters. The number of amides is 3. The Balaban J connectivity index is 1.55. The third kappa shape index (κ3) is 6.89. The van der Waals surface area contributed by atoms with Crippen LogP contribution in [0.3, 0.4) is 0 Å². The number of carbonyl (C=O) groups is 4. The van der Waals surface area contributed by atoms with Crippen LogP contribution in [0.1, 0.15) is 83.5 Å². The zero-order valence-corrected chi connectivity index (χ0v) is 26.8. The van der Waals surface area contributed by atoms with Gasteiger partial charge in [0.2, 0.25) is 5.91 Å². The number of rotatable bonds is 1. The van der Waals surface area contributed by atoms with E-state index in [1.807, 2.05) is 49.4 Å². The maximum atomic E-state index is 13.9. The standard InChI is InChI=1S/C34H45N5O6/c1-20(2)29-30(41)35-21(3)31(42)39-18-6-7-27(37-39)32(43)38(5)22(4)26-11-10-24-9-8-23(19-28(24)36-26)12-15-34(33(44)45-29)16-13-25(40)14-17-34/h8-12,15,19-22,25,27,29,37,40H,6-7,13-14,16-18H2,1-5H3,(H,35,41)/b15-12+/t21-,22+,25-,27-,29-,34+/m0/s1. The van der Waals surface area contributed by atoms with Crippen LogP contribution in [0, 0.1) is 11.3 Å². The number of cyclic esters (lactones) is 1. The maximum absolute atomic E-state index is 13.9. The highest BCUT2D eigenvalue weighted by molar-refractivity contribution is 5.92. The van der Waals surface area contributed by atoms with Gasteiger partial charge in [-0.1, -0.05) is 44.2 Å². The predicted molar refractivity (Wildman–Crippen MR) is 169 cm³/mol. The molecule has 1 spiro atoms. The van der Waals surface area contributed by atoms with Crippen LogP contribution in [0.25, 0.3) is 17.0 Å². The van der Waals surface area contributed by atoms with Crippen LogP contribution >= 0.6 is 0 Å². The van der Waals surface area contributed by atoms with E-state index in [9.17, 15) is 24.3 Å². The molecule has 45 heavy (non-hydrogen) atoms. The molecule has 3 N–H and O–H groups in total. The highest BCUT2D eigenvalue weighted by atomic mass is 16.5. The van der Waals surface area contributed by atoms with Gasteiger partial charge in [0, 0.05) is 19.0 Å². The van der Waals surface area contributed by atoms with Crippen molar-refractivity contribution in [1.82, 2.24) is 25.6 Å². The van der Waals surface area contributed by atoms with Crippen LogP contribution in [0.15, 0.2) is 36.4 Å². The normalized spacial score (nSPS) is 31.3. The average Bonchev–Trinajstić information content (AvgIpc) is 3.04. The Hall–Kier alpha value is -3.83. The van der Waals surface area contributed by atoms with Gasteiger partial charge in [-0.2, -0.15) is 0 Å². The fraction of sp³-hybridized carbons (Fsp3) is 0.559.